The molecular weight excluding hydrogens is 539 g/mol. The molecule has 0 unspecified atom stereocenters. The fraction of sp³-hybridized carbons (Fsp3) is 0.611. The Labute approximate surface area is 191 Å². The van der Waals surface area contributed by atoms with Crippen molar-refractivity contribution in [3.05, 3.63) is 35.6 Å². The van der Waals surface area contributed by atoms with Gasteiger partial charge < -0.3 is 10.6 Å². The second-order valence-electron chi connectivity index (χ2n) is 7.58. The summed E-state index contributed by atoms with van der Waals surface area (Å²) in [6.07, 6.45) is 0.467. The number of halogens is 5. The van der Waals surface area contributed by atoms with Gasteiger partial charge in [0.2, 0.25) is 0 Å². The molecule has 6 nitrogen and oxygen atoms in total. The molecule has 1 fully saturated rings. The van der Waals surface area contributed by atoms with Gasteiger partial charge in [0.1, 0.15) is 5.82 Å². The maximum Gasteiger partial charge on any atom is 0.511 e. The summed E-state index contributed by atoms with van der Waals surface area (Å²) in [5, 5.41) is 6.29. The molecular formula is C18H27F4IN4O2S. The lowest BCUT2D eigenvalue weighted by atomic mass is 9.84. The average Bonchev–Trinajstić information content (AvgIpc) is 2.65. The molecule has 1 aliphatic heterocycles. The Balaban J connectivity index is 0.00000450. The van der Waals surface area contributed by atoms with E-state index in [4.69, 9.17) is 0 Å². The Hall–Kier alpha value is -1.15. The molecule has 0 aromatic heterocycles. The number of rotatable bonds is 5. The zero-order valence-electron chi connectivity index (χ0n) is 17.0. The van der Waals surface area contributed by atoms with Crippen LogP contribution in [0.3, 0.4) is 0 Å². The number of sulfonamides is 1. The van der Waals surface area contributed by atoms with Crippen LogP contribution in [-0.2, 0) is 15.4 Å². The van der Waals surface area contributed by atoms with Crippen LogP contribution in [0.15, 0.2) is 29.3 Å². The number of hydrogen-bond donors (Lipinski definition) is 2. The standard InChI is InChI=1S/C18H26F4N4O2S.HI/c1-17(2,13-4-6-14(19)7-5-13)12-24-16(23-3)25-15-8-10-26(11-9-15)29(27,28)18(20,21)22;/h4-7,15H,8-12H2,1-3H3,(H2,23,24,25);1H. The monoisotopic (exact) mass is 566 g/mol. The summed E-state index contributed by atoms with van der Waals surface area (Å²) in [5.41, 5.74) is -4.67. The van der Waals surface area contributed by atoms with E-state index in [1.54, 1.807) is 19.2 Å². The van der Waals surface area contributed by atoms with E-state index in [2.05, 4.69) is 15.6 Å². The molecule has 0 radical (unpaired) electrons. The summed E-state index contributed by atoms with van der Waals surface area (Å²) < 4.78 is 74.5. The Morgan fingerprint density at radius 3 is 2.17 bits per heavy atom. The SMILES string of the molecule is CN=C(NCC(C)(C)c1ccc(F)cc1)NC1CCN(S(=O)(=O)C(F)(F)F)CC1.I. The van der Waals surface area contributed by atoms with E-state index in [0.717, 1.165) is 5.56 Å². The highest BCUT2D eigenvalue weighted by molar-refractivity contribution is 14.0. The van der Waals surface area contributed by atoms with E-state index in [1.165, 1.54) is 12.1 Å². The van der Waals surface area contributed by atoms with E-state index in [0.29, 0.717) is 16.8 Å². The normalized spacial score (nSPS) is 17.4. The van der Waals surface area contributed by atoms with Crippen molar-refractivity contribution in [3.63, 3.8) is 0 Å². The van der Waals surface area contributed by atoms with Crippen LogP contribution >= 0.6 is 24.0 Å². The largest absolute Gasteiger partial charge is 0.511 e. The van der Waals surface area contributed by atoms with E-state index >= 15 is 0 Å². The zero-order chi connectivity index (χ0) is 21.9. The molecule has 1 heterocycles. The molecule has 1 aliphatic rings. The van der Waals surface area contributed by atoms with Crippen molar-refractivity contribution in [2.45, 2.75) is 43.7 Å². The lowest BCUT2D eigenvalue weighted by Gasteiger charge is -2.33. The second kappa shape index (κ2) is 10.4. The number of nitrogens with one attached hydrogen (secondary N) is 2. The smallest absolute Gasteiger partial charge is 0.356 e. The van der Waals surface area contributed by atoms with Gasteiger partial charge in [-0.25, -0.2) is 12.8 Å². The van der Waals surface area contributed by atoms with Crippen molar-refractivity contribution in [1.82, 2.24) is 14.9 Å². The van der Waals surface area contributed by atoms with E-state index in [-0.39, 0.29) is 67.2 Å². The Kier molecular flexibility index (Phi) is 9.36. The van der Waals surface area contributed by atoms with Crippen molar-refractivity contribution < 1.29 is 26.0 Å². The van der Waals surface area contributed by atoms with Crippen LogP contribution in [0.5, 0.6) is 0 Å². The highest BCUT2D eigenvalue weighted by Crippen LogP contribution is 2.29. The molecule has 2 rings (SSSR count). The Bertz CT molecular complexity index is 822. The summed E-state index contributed by atoms with van der Waals surface area (Å²) in [6, 6.07) is 6.02. The highest BCUT2D eigenvalue weighted by atomic mass is 127. The van der Waals surface area contributed by atoms with Gasteiger partial charge in [-0.3, -0.25) is 4.99 Å². The summed E-state index contributed by atoms with van der Waals surface area (Å²) in [5.74, 6) is 0.159. The molecule has 1 saturated heterocycles. The third-order valence-electron chi connectivity index (χ3n) is 4.97. The Morgan fingerprint density at radius 1 is 1.17 bits per heavy atom. The van der Waals surface area contributed by atoms with Crippen LogP contribution in [-0.4, -0.2) is 56.9 Å². The van der Waals surface area contributed by atoms with E-state index < -0.39 is 15.5 Å². The fourth-order valence-corrected chi connectivity index (χ4v) is 4.07. The van der Waals surface area contributed by atoms with Gasteiger partial charge in [-0.1, -0.05) is 26.0 Å². The molecule has 1 aromatic carbocycles. The van der Waals surface area contributed by atoms with Crippen LogP contribution < -0.4 is 10.6 Å². The van der Waals surface area contributed by atoms with Crippen LogP contribution in [0.1, 0.15) is 32.3 Å². The lowest BCUT2D eigenvalue weighted by Crippen LogP contribution is -2.52. The first-order valence-electron chi connectivity index (χ1n) is 9.16. The molecule has 172 valence electrons. The highest BCUT2D eigenvalue weighted by Gasteiger charge is 2.50. The van der Waals surface area contributed by atoms with Crippen molar-refractivity contribution >= 4 is 40.0 Å². The number of guanidine groups is 1. The van der Waals surface area contributed by atoms with Gasteiger partial charge in [-0.15, -0.1) is 24.0 Å². The van der Waals surface area contributed by atoms with Crippen LogP contribution in [0.2, 0.25) is 0 Å². The molecule has 0 spiro atoms. The number of piperidine rings is 1. The van der Waals surface area contributed by atoms with Gasteiger partial charge in [0, 0.05) is 38.1 Å². The summed E-state index contributed by atoms with van der Waals surface area (Å²) in [4.78, 5) is 4.12. The molecule has 2 N–H and O–H groups in total. The molecule has 12 heteroatoms. The molecule has 0 saturated carbocycles. The number of alkyl halides is 3. The summed E-state index contributed by atoms with van der Waals surface area (Å²) in [6.45, 7) is 4.04. The molecule has 30 heavy (non-hydrogen) atoms. The van der Waals surface area contributed by atoms with Crippen molar-refractivity contribution in [2.24, 2.45) is 4.99 Å². The zero-order valence-corrected chi connectivity index (χ0v) is 20.1. The van der Waals surface area contributed by atoms with Crippen molar-refractivity contribution in [2.75, 3.05) is 26.7 Å². The minimum atomic E-state index is -5.29. The quantitative estimate of drug-likeness (QED) is 0.249. The third-order valence-corrected chi connectivity index (χ3v) is 6.60. The summed E-state index contributed by atoms with van der Waals surface area (Å²) >= 11 is 0. The molecule has 0 amide bonds. The van der Waals surface area contributed by atoms with Gasteiger partial charge in [0.25, 0.3) is 0 Å². The average molecular weight is 566 g/mol. The molecule has 0 bridgehead atoms. The van der Waals surface area contributed by atoms with Crippen LogP contribution in [0.25, 0.3) is 0 Å². The van der Waals surface area contributed by atoms with Crippen molar-refractivity contribution in [3.8, 4) is 0 Å². The second-order valence-corrected chi connectivity index (χ2v) is 9.51. The predicted molar refractivity (Wildman–Crippen MR) is 119 cm³/mol. The predicted octanol–water partition coefficient (Wildman–Crippen LogP) is 3.20. The van der Waals surface area contributed by atoms with Crippen LogP contribution in [0.4, 0.5) is 17.6 Å². The van der Waals surface area contributed by atoms with Crippen LogP contribution in [0, 0.1) is 5.82 Å². The molecule has 1 aromatic rings. The van der Waals surface area contributed by atoms with Gasteiger partial charge >= 0.3 is 15.5 Å². The number of benzene rings is 1. The van der Waals surface area contributed by atoms with E-state index in [1.807, 2.05) is 13.8 Å². The first-order chi connectivity index (χ1) is 13.4. The topological polar surface area (TPSA) is 73.8 Å². The third kappa shape index (κ3) is 6.67. The van der Waals surface area contributed by atoms with Crippen molar-refractivity contribution in [1.29, 1.82) is 0 Å². The van der Waals surface area contributed by atoms with Gasteiger partial charge in [-0.05, 0) is 30.5 Å². The molecule has 0 atom stereocenters. The first-order valence-corrected chi connectivity index (χ1v) is 10.6. The Morgan fingerprint density at radius 2 is 1.70 bits per heavy atom. The molecule has 0 aliphatic carbocycles. The number of nitrogens with zero attached hydrogens (tertiary/aromatic N) is 2. The maximum absolute atomic E-state index is 13.1. The number of aliphatic imine (C=N–C) groups is 1. The number of hydrogen-bond acceptors (Lipinski definition) is 3. The van der Waals surface area contributed by atoms with Gasteiger partial charge in [0.05, 0.1) is 0 Å². The minimum Gasteiger partial charge on any atom is -0.356 e. The van der Waals surface area contributed by atoms with Gasteiger partial charge in [-0.2, -0.15) is 17.5 Å². The maximum atomic E-state index is 13.1. The fourth-order valence-electron chi connectivity index (χ4n) is 3.08. The van der Waals surface area contributed by atoms with Gasteiger partial charge in [0.15, 0.2) is 5.96 Å². The summed E-state index contributed by atoms with van der Waals surface area (Å²) in [7, 11) is -3.71. The minimum absolute atomic E-state index is 0. The lowest BCUT2D eigenvalue weighted by molar-refractivity contribution is -0.0494. The van der Waals surface area contributed by atoms with E-state index in [9.17, 15) is 26.0 Å². The first kappa shape index (κ1) is 26.9.